The van der Waals surface area contributed by atoms with E-state index < -0.39 is 4.92 Å². The SMILES string of the molecule is CCOC(=O)CC=Cc1cnc(C)c([N+](=O)[O-])c1. The Balaban J connectivity index is 2.73. The number of carbonyl (C=O) groups excluding carboxylic acids is 1. The van der Waals surface area contributed by atoms with E-state index in [1.807, 2.05) is 0 Å². The monoisotopic (exact) mass is 250 g/mol. The zero-order chi connectivity index (χ0) is 13.5. The topological polar surface area (TPSA) is 82.3 Å². The molecule has 0 radical (unpaired) electrons. The summed E-state index contributed by atoms with van der Waals surface area (Å²) in [5.74, 6) is -0.330. The number of hydrogen-bond donors (Lipinski definition) is 0. The molecule has 0 N–H and O–H groups in total. The molecule has 0 atom stereocenters. The molecule has 0 bridgehead atoms. The highest BCUT2D eigenvalue weighted by molar-refractivity contribution is 5.72. The number of rotatable bonds is 5. The minimum absolute atomic E-state index is 0.0340. The fourth-order valence-electron chi connectivity index (χ4n) is 1.32. The van der Waals surface area contributed by atoms with Crippen molar-refractivity contribution < 1.29 is 14.5 Å². The Bertz CT molecular complexity index is 483. The lowest BCUT2D eigenvalue weighted by atomic mass is 10.2. The molecular weight excluding hydrogens is 236 g/mol. The Hall–Kier alpha value is -2.24. The maximum absolute atomic E-state index is 11.1. The van der Waals surface area contributed by atoms with Gasteiger partial charge in [0, 0.05) is 12.3 Å². The smallest absolute Gasteiger partial charge is 0.309 e. The van der Waals surface area contributed by atoms with Crippen LogP contribution in [0, 0.1) is 17.0 Å². The summed E-state index contributed by atoms with van der Waals surface area (Å²) >= 11 is 0. The van der Waals surface area contributed by atoms with Gasteiger partial charge in [-0.25, -0.2) is 0 Å². The van der Waals surface area contributed by atoms with E-state index in [0.29, 0.717) is 17.9 Å². The molecule has 6 nitrogen and oxygen atoms in total. The van der Waals surface area contributed by atoms with Crippen LogP contribution in [0.25, 0.3) is 6.08 Å². The predicted molar refractivity (Wildman–Crippen MR) is 65.9 cm³/mol. The van der Waals surface area contributed by atoms with Crippen LogP contribution in [0.2, 0.25) is 0 Å². The van der Waals surface area contributed by atoms with Crippen molar-refractivity contribution in [2.75, 3.05) is 6.61 Å². The molecule has 0 spiro atoms. The summed E-state index contributed by atoms with van der Waals surface area (Å²) in [4.78, 5) is 25.2. The first-order valence-corrected chi connectivity index (χ1v) is 5.47. The van der Waals surface area contributed by atoms with Crippen molar-refractivity contribution in [3.05, 3.63) is 39.7 Å². The largest absolute Gasteiger partial charge is 0.466 e. The summed E-state index contributed by atoms with van der Waals surface area (Å²) in [6, 6.07) is 1.42. The van der Waals surface area contributed by atoms with Gasteiger partial charge in [0.15, 0.2) is 0 Å². The van der Waals surface area contributed by atoms with Crippen LogP contribution in [0.4, 0.5) is 5.69 Å². The van der Waals surface area contributed by atoms with E-state index in [4.69, 9.17) is 4.74 Å². The van der Waals surface area contributed by atoms with Gasteiger partial charge in [0.05, 0.1) is 18.0 Å². The number of nitrogens with zero attached hydrogens (tertiary/aromatic N) is 2. The van der Waals surface area contributed by atoms with Crippen LogP contribution in [0.1, 0.15) is 24.6 Å². The molecule has 0 aromatic carbocycles. The number of esters is 1. The molecule has 0 aliphatic rings. The van der Waals surface area contributed by atoms with Crippen LogP contribution >= 0.6 is 0 Å². The zero-order valence-corrected chi connectivity index (χ0v) is 10.3. The first-order chi connectivity index (χ1) is 8.54. The second-order valence-electron chi connectivity index (χ2n) is 3.54. The fourth-order valence-corrected chi connectivity index (χ4v) is 1.32. The van der Waals surface area contributed by atoms with Crippen molar-refractivity contribution in [2.24, 2.45) is 0 Å². The van der Waals surface area contributed by atoms with Crippen molar-refractivity contribution in [3.63, 3.8) is 0 Å². The normalized spacial score (nSPS) is 10.6. The van der Waals surface area contributed by atoms with E-state index in [9.17, 15) is 14.9 Å². The highest BCUT2D eigenvalue weighted by Crippen LogP contribution is 2.17. The molecule has 0 fully saturated rings. The molecule has 6 heteroatoms. The average Bonchev–Trinajstić information content (AvgIpc) is 2.31. The van der Waals surface area contributed by atoms with Crippen molar-refractivity contribution in [1.29, 1.82) is 0 Å². The maximum atomic E-state index is 11.1. The van der Waals surface area contributed by atoms with Crippen LogP contribution in [-0.4, -0.2) is 22.5 Å². The summed E-state index contributed by atoms with van der Waals surface area (Å²) in [5, 5.41) is 10.7. The van der Waals surface area contributed by atoms with Gasteiger partial charge in [-0.2, -0.15) is 0 Å². The van der Waals surface area contributed by atoms with Crippen LogP contribution < -0.4 is 0 Å². The van der Waals surface area contributed by atoms with Crippen LogP contribution in [-0.2, 0) is 9.53 Å². The van der Waals surface area contributed by atoms with Gasteiger partial charge in [-0.15, -0.1) is 0 Å². The lowest BCUT2D eigenvalue weighted by molar-refractivity contribution is -0.385. The van der Waals surface area contributed by atoms with E-state index in [1.54, 1.807) is 26.0 Å². The van der Waals surface area contributed by atoms with Crippen LogP contribution in [0.15, 0.2) is 18.3 Å². The molecule has 96 valence electrons. The van der Waals surface area contributed by atoms with Gasteiger partial charge in [0.25, 0.3) is 5.69 Å². The Morgan fingerprint density at radius 3 is 2.94 bits per heavy atom. The molecule has 0 aliphatic carbocycles. The maximum Gasteiger partial charge on any atom is 0.309 e. The van der Waals surface area contributed by atoms with E-state index in [2.05, 4.69) is 4.98 Å². The number of carbonyl (C=O) groups is 1. The molecule has 0 saturated carbocycles. The Morgan fingerprint density at radius 1 is 1.61 bits per heavy atom. The molecule has 0 unspecified atom stereocenters. The molecule has 1 rings (SSSR count). The van der Waals surface area contributed by atoms with E-state index in [0.717, 1.165) is 0 Å². The standard InChI is InChI=1S/C12H14N2O4/c1-3-18-12(15)6-4-5-10-7-11(14(16)17)9(2)13-8-10/h4-5,7-8H,3,6H2,1-2H3. The lowest BCUT2D eigenvalue weighted by Gasteiger charge is -1.98. The van der Waals surface area contributed by atoms with Crippen molar-refractivity contribution in [3.8, 4) is 0 Å². The predicted octanol–water partition coefficient (Wildman–Crippen LogP) is 2.26. The van der Waals surface area contributed by atoms with Crippen molar-refractivity contribution >= 4 is 17.7 Å². The third kappa shape index (κ3) is 3.97. The van der Waals surface area contributed by atoms with Gasteiger partial charge in [-0.05, 0) is 19.4 Å². The minimum atomic E-state index is -0.481. The van der Waals surface area contributed by atoms with Gasteiger partial charge < -0.3 is 4.74 Å². The highest BCUT2D eigenvalue weighted by Gasteiger charge is 2.11. The fraction of sp³-hybridized carbons (Fsp3) is 0.333. The number of hydrogen-bond acceptors (Lipinski definition) is 5. The molecule has 1 aromatic rings. The molecule has 0 saturated heterocycles. The highest BCUT2D eigenvalue weighted by atomic mass is 16.6. The second-order valence-corrected chi connectivity index (χ2v) is 3.54. The Morgan fingerprint density at radius 2 is 2.33 bits per heavy atom. The van der Waals surface area contributed by atoms with Crippen LogP contribution in [0.5, 0.6) is 0 Å². The average molecular weight is 250 g/mol. The van der Waals surface area contributed by atoms with Crippen LogP contribution in [0.3, 0.4) is 0 Å². The van der Waals surface area contributed by atoms with E-state index in [1.165, 1.54) is 12.3 Å². The Labute approximate surface area is 104 Å². The van der Waals surface area contributed by atoms with E-state index in [-0.39, 0.29) is 18.1 Å². The minimum Gasteiger partial charge on any atom is -0.466 e. The molecular formula is C12H14N2O4. The molecule has 18 heavy (non-hydrogen) atoms. The molecule has 0 aliphatic heterocycles. The molecule has 1 heterocycles. The van der Waals surface area contributed by atoms with Gasteiger partial charge in [-0.1, -0.05) is 12.2 Å². The summed E-state index contributed by atoms with van der Waals surface area (Å²) in [5.41, 5.74) is 0.910. The number of pyridine rings is 1. The second kappa shape index (κ2) is 6.48. The quantitative estimate of drug-likeness (QED) is 0.454. The summed E-state index contributed by atoms with van der Waals surface area (Å²) in [7, 11) is 0. The summed E-state index contributed by atoms with van der Waals surface area (Å²) in [6.45, 7) is 3.64. The third-order valence-electron chi connectivity index (χ3n) is 2.18. The third-order valence-corrected chi connectivity index (χ3v) is 2.18. The number of aromatic nitrogens is 1. The number of aryl methyl sites for hydroxylation is 1. The van der Waals surface area contributed by atoms with Gasteiger partial charge in [-0.3, -0.25) is 19.9 Å². The van der Waals surface area contributed by atoms with Crippen molar-refractivity contribution in [1.82, 2.24) is 4.98 Å². The zero-order valence-electron chi connectivity index (χ0n) is 10.3. The molecule has 0 amide bonds. The summed E-state index contributed by atoms with van der Waals surface area (Å²) in [6.07, 6.45) is 4.85. The van der Waals surface area contributed by atoms with E-state index >= 15 is 0 Å². The number of nitro groups is 1. The Kier molecular flexibility index (Phi) is 4.98. The van der Waals surface area contributed by atoms with Gasteiger partial charge in [0.2, 0.25) is 0 Å². The first kappa shape index (κ1) is 13.8. The molecule has 1 aromatic heterocycles. The van der Waals surface area contributed by atoms with Crippen molar-refractivity contribution in [2.45, 2.75) is 20.3 Å². The number of ether oxygens (including phenoxy) is 1. The lowest BCUT2D eigenvalue weighted by Crippen LogP contribution is -2.01. The first-order valence-electron chi connectivity index (χ1n) is 5.47. The summed E-state index contributed by atoms with van der Waals surface area (Å²) < 4.78 is 4.75. The van der Waals surface area contributed by atoms with Gasteiger partial charge >= 0.3 is 5.97 Å². The van der Waals surface area contributed by atoms with Gasteiger partial charge in [0.1, 0.15) is 5.69 Å².